The van der Waals surface area contributed by atoms with Crippen LogP contribution in [0.1, 0.15) is 216 Å². The van der Waals surface area contributed by atoms with Gasteiger partial charge in [0.2, 0.25) is 0 Å². The lowest BCUT2D eigenvalue weighted by molar-refractivity contribution is -0.153. The van der Waals surface area contributed by atoms with Gasteiger partial charge in [0.1, 0.15) is 0 Å². The summed E-state index contributed by atoms with van der Waals surface area (Å²) >= 11 is 0. The van der Waals surface area contributed by atoms with Gasteiger partial charge in [-0.15, -0.1) is 0 Å². The molecule has 4 amide bonds. The Morgan fingerprint density at radius 2 is 0.724 bits per heavy atom. The van der Waals surface area contributed by atoms with Gasteiger partial charge in [0.15, 0.2) is 51.8 Å². The monoisotopic (exact) mass is 1440 g/mol. The van der Waals surface area contributed by atoms with Crippen molar-refractivity contribution >= 4 is 53.0 Å². The van der Waals surface area contributed by atoms with Gasteiger partial charge in [-0.05, 0) is 235 Å². The first-order valence-electron chi connectivity index (χ1n) is 37.7. The highest BCUT2D eigenvalue weighted by molar-refractivity contribution is 6.11. The number of nitrogens with zero attached hydrogens (tertiary/aromatic N) is 8. The van der Waals surface area contributed by atoms with Crippen molar-refractivity contribution in [1.29, 1.82) is 0 Å². The van der Waals surface area contributed by atoms with Crippen LogP contribution in [0, 0.1) is 21.7 Å². The van der Waals surface area contributed by atoms with E-state index in [0.717, 1.165) is 178 Å². The number of aliphatic imine (C=N–C) groups is 4. The molecule has 0 radical (unpaired) electrons. The van der Waals surface area contributed by atoms with Crippen molar-refractivity contribution in [3.05, 3.63) is 146 Å². The molecule has 5 atom stereocenters. The van der Waals surface area contributed by atoms with E-state index in [9.17, 15) is 34.5 Å². The maximum Gasteiger partial charge on any atom is 0.262 e. The first-order valence-corrected chi connectivity index (χ1v) is 37.7. The average molecular weight is 1440 g/mol. The molecule has 12 aliphatic rings. The Balaban J connectivity index is 0.000000124. The summed E-state index contributed by atoms with van der Waals surface area (Å²) in [5, 5.41) is 30.2. The Labute approximate surface area is 617 Å². The van der Waals surface area contributed by atoms with Gasteiger partial charge in [0, 0.05) is 83.9 Å². The Kier molecular flexibility index (Phi) is 19.4. The van der Waals surface area contributed by atoms with Crippen LogP contribution in [-0.2, 0) is 91.8 Å². The number of allylic oxidation sites excluding steroid dienone is 1. The van der Waals surface area contributed by atoms with E-state index in [0.29, 0.717) is 23.4 Å². The molecule has 4 aromatic rings. The Morgan fingerprint density at radius 3 is 0.981 bits per heavy atom. The molecule has 8 aliphatic carbocycles. The molecular weight excluding hydrogens is 1330 g/mol. The van der Waals surface area contributed by atoms with E-state index in [-0.39, 0.29) is 81.6 Å². The number of carbonyl (C=O) groups excluding carboxylic acids is 4. The quantitative estimate of drug-likeness (QED) is 0.0812. The second-order valence-corrected chi connectivity index (χ2v) is 33.0. The number of methoxy groups -OCH3 is 4. The van der Waals surface area contributed by atoms with E-state index in [1.54, 1.807) is 80.6 Å². The van der Waals surface area contributed by atoms with E-state index in [1.165, 1.54) is 38.3 Å². The maximum absolute atomic E-state index is 13.5. The van der Waals surface area contributed by atoms with Gasteiger partial charge in [-0.1, -0.05) is 80.6 Å². The lowest BCUT2D eigenvalue weighted by atomic mass is 9.61. The number of hydrogen-bond acceptors (Lipinski definition) is 19. The zero-order valence-corrected chi connectivity index (χ0v) is 63.7. The van der Waals surface area contributed by atoms with E-state index < -0.39 is 34.0 Å². The van der Waals surface area contributed by atoms with Crippen LogP contribution in [0.5, 0.6) is 0 Å². The summed E-state index contributed by atoms with van der Waals surface area (Å²) < 4.78 is 22.2. The SMILES string of the molecule is C=C(C)c1ccc2c(c1)C1(N=C(N)N(C)C1=O)C1(CCC(OC)CC1)C2.COC1CCC2(CC1)Cc1ccc(C(C)(O)O)cc1C21N=C(N)N(C)C1=O.COC1CCC2(CC1)Cc1ccc(C(C)C)cc1C21N=C(N)N(C)C1=O.COC1CCC2(CC1)Cc1ccc(C(C)O)cc1C21N=C(N)N(C)C1=O. The number of likely N-dealkylation sites (N-methyl/N-ethyl adjacent to an activating group) is 4. The third kappa shape index (κ3) is 11.3. The number of aliphatic hydroxyl groups excluding tert-OH is 1. The molecule has 564 valence electrons. The Morgan fingerprint density at radius 1 is 0.457 bits per heavy atom. The van der Waals surface area contributed by atoms with Gasteiger partial charge in [0.05, 0.1) is 30.5 Å². The fourth-order valence-electron chi connectivity index (χ4n) is 20.9. The highest BCUT2D eigenvalue weighted by atomic mass is 16.5. The molecule has 4 fully saturated rings. The molecule has 0 bridgehead atoms. The van der Waals surface area contributed by atoms with E-state index >= 15 is 0 Å². The maximum atomic E-state index is 13.5. The van der Waals surface area contributed by atoms with Crippen LogP contribution in [-0.4, -0.2) is 163 Å². The zero-order chi connectivity index (χ0) is 75.7. The van der Waals surface area contributed by atoms with Crippen LogP contribution < -0.4 is 22.9 Å². The van der Waals surface area contributed by atoms with Crippen molar-refractivity contribution in [2.75, 3.05) is 56.6 Å². The molecule has 4 heterocycles. The molecule has 16 rings (SSSR count). The van der Waals surface area contributed by atoms with Gasteiger partial charge < -0.3 is 57.2 Å². The molecule has 0 aromatic heterocycles. The highest BCUT2D eigenvalue weighted by Crippen LogP contribution is 2.67. The first kappa shape index (κ1) is 75.3. The molecule has 11 N–H and O–H groups in total. The third-order valence-electron chi connectivity index (χ3n) is 27.3. The van der Waals surface area contributed by atoms with E-state index in [2.05, 4.69) is 56.8 Å². The summed E-state index contributed by atoms with van der Waals surface area (Å²) in [6.45, 7) is 13.5. The fraction of sp³-hybridized carbons (Fsp3) is 0.585. The van der Waals surface area contributed by atoms with Gasteiger partial charge >= 0.3 is 0 Å². The van der Waals surface area contributed by atoms with Gasteiger partial charge in [-0.2, -0.15) is 0 Å². The normalized spacial score (nSPS) is 33.5. The minimum absolute atomic E-state index is 0.00322. The summed E-state index contributed by atoms with van der Waals surface area (Å²) in [5.41, 5.74) is 32.5. The Bertz CT molecular complexity index is 4140. The van der Waals surface area contributed by atoms with Crippen LogP contribution in [0.3, 0.4) is 0 Å². The average Bonchev–Trinajstić information content (AvgIpc) is 1.55. The number of hydrogen-bond donors (Lipinski definition) is 7. The van der Waals surface area contributed by atoms with Gasteiger partial charge in [-0.25, -0.2) is 20.0 Å². The molecule has 8 spiro atoms. The lowest BCUT2D eigenvalue weighted by Gasteiger charge is -2.45. The summed E-state index contributed by atoms with van der Waals surface area (Å²) in [4.78, 5) is 79.1. The zero-order valence-electron chi connectivity index (χ0n) is 63.7. The van der Waals surface area contributed by atoms with Gasteiger partial charge in [-0.3, -0.25) is 38.8 Å². The van der Waals surface area contributed by atoms with Crippen LogP contribution >= 0.6 is 0 Å². The highest BCUT2D eigenvalue weighted by Gasteiger charge is 2.71. The number of aliphatic hydroxyl groups is 3. The molecule has 4 aromatic carbocycles. The lowest BCUT2D eigenvalue weighted by Crippen LogP contribution is -2.51. The van der Waals surface area contributed by atoms with Crippen LogP contribution in [0.15, 0.2) is 99.3 Å². The molecule has 105 heavy (non-hydrogen) atoms. The summed E-state index contributed by atoms with van der Waals surface area (Å²) in [6.07, 6.45) is 18.2. The number of ether oxygens (including phenoxy) is 4. The van der Waals surface area contributed by atoms with Gasteiger partial charge in [0.25, 0.3) is 23.6 Å². The van der Waals surface area contributed by atoms with Crippen LogP contribution in [0.2, 0.25) is 0 Å². The van der Waals surface area contributed by atoms with E-state index in [1.807, 2.05) is 31.2 Å². The van der Waals surface area contributed by atoms with Crippen LogP contribution in [0.4, 0.5) is 0 Å². The molecule has 23 nitrogen and oxygen atoms in total. The molecule has 0 saturated heterocycles. The molecule has 23 heteroatoms. The van der Waals surface area contributed by atoms with E-state index in [4.69, 9.17) is 61.9 Å². The number of guanidine groups is 4. The van der Waals surface area contributed by atoms with Crippen molar-refractivity contribution in [3.63, 3.8) is 0 Å². The van der Waals surface area contributed by atoms with Crippen molar-refractivity contribution < 1.29 is 53.4 Å². The topological polar surface area (TPSA) is 332 Å². The van der Waals surface area contributed by atoms with Crippen LogP contribution in [0.25, 0.3) is 5.57 Å². The van der Waals surface area contributed by atoms with Crippen molar-refractivity contribution in [1.82, 2.24) is 19.6 Å². The third-order valence-corrected chi connectivity index (χ3v) is 27.3. The smallest absolute Gasteiger partial charge is 0.262 e. The largest absolute Gasteiger partial charge is 0.389 e. The van der Waals surface area contributed by atoms with Crippen molar-refractivity contribution in [2.24, 2.45) is 64.6 Å². The number of benzene rings is 4. The minimum atomic E-state index is -1.98. The fourth-order valence-corrected chi connectivity index (χ4v) is 20.9. The number of rotatable bonds is 8. The molecule has 4 aliphatic heterocycles. The summed E-state index contributed by atoms with van der Waals surface area (Å²) in [7, 11) is 13.8. The second-order valence-electron chi connectivity index (χ2n) is 33.0. The molecule has 5 unspecified atom stereocenters. The molecule has 4 saturated carbocycles. The number of nitrogens with two attached hydrogens (primary N) is 4. The van der Waals surface area contributed by atoms with Crippen molar-refractivity contribution in [2.45, 2.75) is 227 Å². The standard InChI is InChI=1S/C21H29N3O2.C21H27N3O2.C20H27N3O4.C20H27N3O3/c2*1-13(2)14-5-6-15-12-20(9-7-16(26-4)8-10-20)21(17(15)11-14)18(25)24(3)19(22)23-21;1-18(25,26)13-5-4-12-11-19(8-6-14(27-3)7-9-19)20(15(12)10-13)16(24)23(2)17(21)22-20;1-12(24)13-4-5-14-11-19(8-6-15(26-3)7-9-19)20(16(14)10-13)17(25)23(2)18(21)22-20/h5-6,11,13,16H,7-10,12H2,1-4H3,(H2,22,23);5-6,11,16H,1,7-10,12H2,2-4H3,(H2,22,23);4-5,10,14,25-26H,6-9,11H2,1-3H3,(H2,21,22);4-5,10,12,15,24H,6-9,11H2,1-3H3,(H2,21,22). The molecular formula is C82H110N12O11. The Hall–Kier alpha value is -7.90. The predicted molar refractivity (Wildman–Crippen MR) is 403 cm³/mol. The first-order chi connectivity index (χ1) is 49.7. The van der Waals surface area contributed by atoms with Crippen molar-refractivity contribution in [3.8, 4) is 0 Å². The summed E-state index contributed by atoms with van der Waals surface area (Å²) in [6, 6.07) is 24.3. The number of fused-ring (bicyclic) bond motifs is 12. The number of carbonyl (C=O) groups is 4. The second kappa shape index (κ2) is 27.1. The minimum Gasteiger partial charge on any atom is -0.389 e. The predicted octanol–water partition coefficient (Wildman–Crippen LogP) is 8.57. The number of amides is 4. The summed E-state index contributed by atoms with van der Waals surface area (Å²) in [5.74, 6) is -0.578.